The predicted octanol–water partition coefficient (Wildman–Crippen LogP) is 2.83. The molecular formula is C19H29ClN2O3. The molecule has 140 valence electrons. The molecule has 5 nitrogen and oxygen atoms in total. The number of aldehydes is 1. The molecule has 0 saturated heterocycles. The van der Waals surface area contributed by atoms with Crippen LogP contribution in [0.25, 0.3) is 0 Å². The lowest BCUT2D eigenvalue weighted by atomic mass is 9.91. The van der Waals surface area contributed by atoms with Crippen LogP contribution in [0.4, 0.5) is 0 Å². The van der Waals surface area contributed by atoms with Crippen molar-refractivity contribution in [1.29, 1.82) is 0 Å². The molecule has 1 amide bonds. The predicted molar refractivity (Wildman–Crippen MR) is 101 cm³/mol. The summed E-state index contributed by atoms with van der Waals surface area (Å²) in [5.74, 6) is -0.454. The molecule has 0 saturated carbocycles. The Kier molecular flexibility index (Phi) is 9.71. The summed E-state index contributed by atoms with van der Waals surface area (Å²) >= 11 is 5.99. The summed E-state index contributed by atoms with van der Waals surface area (Å²) < 4.78 is 6.06. The minimum absolute atomic E-state index is 0.0442. The van der Waals surface area contributed by atoms with Gasteiger partial charge in [-0.05, 0) is 43.6 Å². The molecule has 0 spiro atoms. The SMILES string of the molecule is CCN(CC)CCC(CC=O)(CC(N)=O)OCCc1cccc(Cl)c1. The normalized spacial score (nSPS) is 13.6. The average molecular weight is 369 g/mol. The Morgan fingerprint density at radius 1 is 1.36 bits per heavy atom. The number of amides is 1. The van der Waals surface area contributed by atoms with E-state index in [0.29, 0.717) is 24.5 Å². The number of rotatable bonds is 13. The van der Waals surface area contributed by atoms with Crippen LogP contribution < -0.4 is 5.73 Å². The van der Waals surface area contributed by atoms with Crippen molar-refractivity contribution in [2.75, 3.05) is 26.2 Å². The summed E-state index contributed by atoms with van der Waals surface area (Å²) in [7, 11) is 0. The molecule has 1 rings (SSSR count). The zero-order valence-corrected chi connectivity index (χ0v) is 15.9. The topological polar surface area (TPSA) is 72.6 Å². The summed E-state index contributed by atoms with van der Waals surface area (Å²) in [6.45, 7) is 7.14. The van der Waals surface area contributed by atoms with Gasteiger partial charge in [0.1, 0.15) is 6.29 Å². The second-order valence-electron chi connectivity index (χ2n) is 6.20. The molecule has 0 bridgehead atoms. The molecule has 0 aromatic heterocycles. The van der Waals surface area contributed by atoms with Crippen molar-refractivity contribution in [1.82, 2.24) is 4.90 Å². The molecule has 0 aliphatic rings. The maximum atomic E-state index is 11.5. The Labute approximate surface area is 155 Å². The van der Waals surface area contributed by atoms with E-state index in [0.717, 1.165) is 31.5 Å². The van der Waals surface area contributed by atoms with Crippen LogP contribution in [0.1, 0.15) is 38.7 Å². The van der Waals surface area contributed by atoms with E-state index in [1.165, 1.54) is 0 Å². The first-order valence-corrected chi connectivity index (χ1v) is 9.15. The summed E-state index contributed by atoms with van der Waals surface area (Å²) in [6.07, 6.45) is 2.26. The number of hydrogen-bond acceptors (Lipinski definition) is 4. The van der Waals surface area contributed by atoms with Crippen molar-refractivity contribution < 1.29 is 14.3 Å². The zero-order valence-electron chi connectivity index (χ0n) is 15.2. The molecular weight excluding hydrogens is 340 g/mol. The number of carbonyl (C=O) groups excluding carboxylic acids is 2. The molecule has 0 fully saturated rings. The van der Waals surface area contributed by atoms with E-state index in [1.807, 2.05) is 24.3 Å². The van der Waals surface area contributed by atoms with Gasteiger partial charge in [-0.3, -0.25) is 4.79 Å². The van der Waals surface area contributed by atoms with Crippen LogP contribution in [0.5, 0.6) is 0 Å². The van der Waals surface area contributed by atoms with Crippen molar-refractivity contribution in [3.63, 3.8) is 0 Å². The molecule has 0 aliphatic carbocycles. The number of benzene rings is 1. The van der Waals surface area contributed by atoms with E-state index in [-0.39, 0.29) is 12.8 Å². The first-order chi connectivity index (χ1) is 11.9. The van der Waals surface area contributed by atoms with E-state index in [4.69, 9.17) is 22.1 Å². The first kappa shape index (κ1) is 21.6. The third kappa shape index (κ3) is 7.99. The van der Waals surface area contributed by atoms with Crippen LogP contribution in [0.15, 0.2) is 24.3 Å². The van der Waals surface area contributed by atoms with Gasteiger partial charge in [0.25, 0.3) is 0 Å². The summed E-state index contributed by atoms with van der Waals surface area (Å²) in [4.78, 5) is 25.0. The minimum atomic E-state index is -0.839. The van der Waals surface area contributed by atoms with Crippen LogP contribution in [0.2, 0.25) is 5.02 Å². The lowest BCUT2D eigenvalue weighted by molar-refractivity contribution is -0.131. The number of carbonyl (C=O) groups is 2. The molecule has 25 heavy (non-hydrogen) atoms. The lowest BCUT2D eigenvalue weighted by Crippen LogP contribution is -2.42. The quantitative estimate of drug-likeness (QED) is 0.543. The van der Waals surface area contributed by atoms with E-state index in [2.05, 4.69) is 18.7 Å². The van der Waals surface area contributed by atoms with Gasteiger partial charge >= 0.3 is 0 Å². The fraction of sp³-hybridized carbons (Fsp3) is 0.579. The van der Waals surface area contributed by atoms with Crippen molar-refractivity contribution in [3.05, 3.63) is 34.9 Å². The van der Waals surface area contributed by atoms with Crippen LogP contribution in [0, 0.1) is 0 Å². The largest absolute Gasteiger partial charge is 0.374 e. The van der Waals surface area contributed by atoms with Gasteiger partial charge in [-0.2, -0.15) is 0 Å². The van der Waals surface area contributed by atoms with Gasteiger partial charge in [0, 0.05) is 18.0 Å². The Bertz CT molecular complexity index is 549. The Morgan fingerprint density at radius 3 is 2.64 bits per heavy atom. The number of hydrogen-bond donors (Lipinski definition) is 1. The van der Waals surface area contributed by atoms with Gasteiger partial charge in [0.15, 0.2) is 0 Å². The minimum Gasteiger partial charge on any atom is -0.374 e. The summed E-state index contributed by atoms with van der Waals surface area (Å²) in [5, 5.41) is 0.676. The molecule has 1 aromatic carbocycles. The number of primary amides is 1. The first-order valence-electron chi connectivity index (χ1n) is 8.77. The monoisotopic (exact) mass is 368 g/mol. The van der Waals surface area contributed by atoms with Crippen molar-refractivity contribution >= 4 is 23.8 Å². The van der Waals surface area contributed by atoms with Crippen molar-refractivity contribution in [2.45, 2.75) is 45.1 Å². The maximum Gasteiger partial charge on any atom is 0.220 e. The van der Waals surface area contributed by atoms with E-state index in [1.54, 1.807) is 0 Å². The lowest BCUT2D eigenvalue weighted by Gasteiger charge is -2.33. The van der Waals surface area contributed by atoms with Crippen LogP contribution >= 0.6 is 11.6 Å². The Hall–Kier alpha value is -1.43. The highest BCUT2D eigenvalue weighted by Crippen LogP contribution is 2.25. The smallest absolute Gasteiger partial charge is 0.220 e. The number of nitrogens with two attached hydrogens (primary N) is 1. The van der Waals surface area contributed by atoms with Crippen LogP contribution in [0.3, 0.4) is 0 Å². The highest BCUT2D eigenvalue weighted by Gasteiger charge is 2.33. The number of nitrogens with zero attached hydrogens (tertiary/aromatic N) is 1. The van der Waals surface area contributed by atoms with Gasteiger partial charge < -0.3 is 20.2 Å². The highest BCUT2D eigenvalue weighted by atomic mass is 35.5. The van der Waals surface area contributed by atoms with E-state index < -0.39 is 11.5 Å². The highest BCUT2D eigenvalue weighted by molar-refractivity contribution is 6.30. The number of halogens is 1. The second-order valence-corrected chi connectivity index (χ2v) is 6.64. The summed E-state index contributed by atoms with van der Waals surface area (Å²) in [5.41, 5.74) is 5.63. The van der Waals surface area contributed by atoms with Gasteiger partial charge in [-0.1, -0.05) is 37.6 Å². The van der Waals surface area contributed by atoms with Crippen molar-refractivity contribution in [3.8, 4) is 0 Å². The standard InChI is InChI=1S/C19H29ClN2O3/c1-3-22(4-2)11-9-19(10-12-23,15-18(21)24)25-13-8-16-6-5-7-17(20)14-16/h5-7,12,14H,3-4,8-11,13,15H2,1-2H3,(H2,21,24). The van der Waals surface area contributed by atoms with Gasteiger partial charge in [-0.25, -0.2) is 0 Å². The zero-order chi connectivity index (χ0) is 18.7. The molecule has 1 unspecified atom stereocenters. The Morgan fingerprint density at radius 2 is 2.08 bits per heavy atom. The number of ether oxygens (including phenoxy) is 1. The van der Waals surface area contributed by atoms with Crippen LogP contribution in [-0.2, 0) is 20.7 Å². The molecule has 0 aliphatic heterocycles. The molecule has 6 heteroatoms. The Balaban J connectivity index is 2.76. The van der Waals surface area contributed by atoms with E-state index in [9.17, 15) is 9.59 Å². The van der Waals surface area contributed by atoms with E-state index >= 15 is 0 Å². The van der Waals surface area contributed by atoms with Gasteiger partial charge in [0.05, 0.1) is 18.6 Å². The van der Waals surface area contributed by atoms with Gasteiger partial charge in [0.2, 0.25) is 5.91 Å². The van der Waals surface area contributed by atoms with Crippen molar-refractivity contribution in [2.24, 2.45) is 5.73 Å². The average Bonchev–Trinajstić information content (AvgIpc) is 2.55. The third-order valence-electron chi connectivity index (χ3n) is 4.42. The maximum absolute atomic E-state index is 11.5. The van der Waals surface area contributed by atoms with Gasteiger partial charge in [-0.15, -0.1) is 0 Å². The molecule has 1 atom stereocenters. The second kappa shape index (κ2) is 11.2. The summed E-state index contributed by atoms with van der Waals surface area (Å²) in [6, 6.07) is 7.57. The fourth-order valence-corrected chi connectivity index (χ4v) is 3.11. The third-order valence-corrected chi connectivity index (χ3v) is 4.65. The fourth-order valence-electron chi connectivity index (χ4n) is 2.89. The molecule has 1 aromatic rings. The molecule has 0 radical (unpaired) electrons. The molecule has 2 N–H and O–H groups in total. The van der Waals surface area contributed by atoms with Crippen LogP contribution in [-0.4, -0.2) is 48.9 Å². The molecule has 0 heterocycles.